The van der Waals surface area contributed by atoms with Crippen LogP contribution in [0, 0.1) is 0 Å². The molecule has 2 aromatic rings. The van der Waals surface area contributed by atoms with E-state index in [9.17, 15) is 13.2 Å². The predicted molar refractivity (Wildman–Crippen MR) is 72.7 cm³/mol. The minimum atomic E-state index is -3.73. The van der Waals surface area contributed by atoms with Gasteiger partial charge in [0.25, 0.3) is 0 Å². The maximum atomic E-state index is 12.2. The van der Waals surface area contributed by atoms with Crippen LogP contribution < -0.4 is 0 Å². The van der Waals surface area contributed by atoms with Crippen molar-refractivity contribution in [2.45, 2.75) is 30.4 Å². The Balaban J connectivity index is 2.29. The third-order valence-electron chi connectivity index (χ3n) is 2.74. The molecule has 0 fully saturated rings. The molecule has 0 saturated heterocycles. The molecule has 8 heteroatoms. The lowest BCUT2D eigenvalue weighted by atomic mass is 10.2. The first-order valence-electron chi connectivity index (χ1n) is 6.18. The van der Waals surface area contributed by atoms with Crippen LogP contribution in [0.25, 0.3) is 0 Å². The van der Waals surface area contributed by atoms with E-state index in [0.29, 0.717) is 5.89 Å². The number of carboxylic acid groups (broad SMARTS) is 1. The van der Waals surface area contributed by atoms with Crippen molar-refractivity contribution in [3.8, 4) is 0 Å². The average Bonchev–Trinajstić information content (AvgIpc) is 2.87. The molecule has 0 aliphatic carbocycles. The van der Waals surface area contributed by atoms with Gasteiger partial charge in [0, 0.05) is 5.92 Å². The van der Waals surface area contributed by atoms with Gasteiger partial charge in [-0.15, -0.1) is 0 Å². The molecule has 0 atom stereocenters. The third-order valence-corrected chi connectivity index (χ3v) is 4.35. The standard InChI is InChI=1S/C13H14N2O5S/c1-8(2)12-14-11(15-20-12)7-21(18,19)10-5-3-4-9(6-10)13(16)17/h3-6,8H,7H2,1-2H3,(H,16,17). The third kappa shape index (κ3) is 3.46. The monoisotopic (exact) mass is 310 g/mol. The number of rotatable bonds is 5. The molecule has 7 nitrogen and oxygen atoms in total. The van der Waals surface area contributed by atoms with Gasteiger partial charge in [0.2, 0.25) is 5.89 Å². The Labute approximate surface area is 121 Å². The van der Waals surface area contributed by atoms with Gasteiger partial charge < -0.3 is 9.63 Å². The zero-order valence-corrected chi connectivity index (χ0v) is 12.3. The van der Waals surface area contributed by atoms with Crippen LogP contribution in [0.5, 0.6) is 0 Å². The first kappa shape index (κ1) is 15.2. The Kier molecular flexibility index (Phi) is 4.08. The first-order valence-corrected chi connectivity index (χ1v) is 7.83. The van der Waals surface area contributed by atoms with Crippen molar-refractivity contribution in [1.82, 2.24) is 10.1 Å². The summed E-state index contributed by atoms with van der Waals surface area (Å²) in [5.74, 6) is -1.20. The first-order chi connectivity index (χ1) is 9.79. The van der Waals surface area contributed by atoms with E-state index in [1.54, 1.807) is 0 Å². The fourth-order valence-electron chi connectivity index (χ4n) is 1.64. The Morgan fingerprint density at radius 1 is 1.38 bits per heavy atom. The molecule has 0 radical (unpaired) electrons. The summed E-state index contributed by atoms with van der Waals surface area (Å²) < 4.78 is 29.4. The summed E-state index contributed by atoms with van der Waals surface area (Å²) in [4.78, 5) is 14.8. The number of aromatic nitrogens is 2. The van der Waals surface area contributed by atoms with Crippen molar-refractivity contribution in [2.75, 3.05) is 0 Å². The van der Waals surface area contributed by atoms with Gasteiger partial charge in [-0.25, -0.2) is 13.2 Å². The number of nitrogens with zero attached hydrogens (tertiary/aromatic N) is 2. The Morgan fingerprint density at radius 2 is 2.10 bits per heavy atom. The zero-order valence-electron chi connectivity index (χ0n) is 11.5. The molecule has 1 aromatic carbocycles. The molecule has 2 rings (SSSR count). The Bertz CT molecular complexity index is 764. The summed E-state index contributed by atoms with van der Waals surface area (Å²) >= 11 is 0. The number of aromatic carboxylic acids is 1. The normalized spacial score (nSPS) is 11.8. The fraction of sp³-hybridized carbons (Fsp3) is 0.308. The minimum Gasteiger partial charge on any atom is -0.478 e. The largest absolute Gasteiger partial charge is 0.478 e. The topological polar surface area (TPSA) is 110 Å². The molecule has 0 bridgehead atoms. The van der Waals surface area contributed by atoms with Crippen molar-refractivity contribution in [3.63, 3.8) is 0 Å². The summed E-state index contributed by atoms with van der Waals surface area (Å²) in [5.41, 5.74) is -0.0907. The van der Waals surface area contributed by atoms with Gasteiger partial charge in [0.05, 0.1) is 10.5 Å². The smallest absolute Gasteiger partial charge is 0.335 e. The summed E-state index contributed by atoms with van der Waals surface area (Å²) in [6, 6.07) is 5.16. The lowest BCUT2D eigenvalue weighted by Gasteiger charge is -2.02. The van der Waals surface area contributed by atoms with E-state index in [2.05, 4.69) is 10.1 Å². The van der Waals surface area contributed by atoms with Crippen LogP contribution in [0.3, 0.4) is 0 Å². The van der Waals surface area contributed by atoms with Gasteiger partial charge in [-0.05, 0) is 18.2 Å². The second-order valence-electron chi connectivity index (χ2n) is 4.80. The predicted octanol–water partition coefficient (Wildman–Crippen LogP) is 1.87. The van der Waals surface area contributed by atoms with Gasteiger partial charge in [-0.1, -0.05) is 25.1 Å². The lowest BCUT2D eigenvalue weighted by Crippen LogP contribution is -2.08. The van der Waals surface area contributed by atoms with E-state index in [0.717, 1.165) is 6.07 Å². The van der Waals surface area contributed by atoms with Crippen molar-refractivity contribution in [1.29, 1.82) is 0 Å². The Hall–Kier alpha value is -2.22. The highest BCUT2D eigenvalue weighted by Gasteiger charge is 2.21. The summed E-state index contributed by atoms with van der Waals surface area (Å²) in [6.07, 6.45) is 0. The van der Waals surface area contributed by atoms with Crippen molar-refractivity contribution in [2.24, 2.45) is 0 Å². The van der Waals surface area contributed by atoms with E-state index in [1.165, 1.54) is 18.2 Å². The Morgan fingerprint density at radius 3 is 2.67 bits per heavy atom. The summed E-state index contributed by atoms with van der Waals surface area (Å²) in [5, 5.41) is 12.5. The lowest BCUT2D eigenvalue weighted by molar-refractivity contribution is 0.0696. The molecule has 1 N–H and O–H groups in total. The molecule has 1 heterocycles. The van der Waals surface area contributed by atoms with Crippen LogP contribution in [0.15, 0.2) is 33.7 Å². The van der Waals surface area contributed by atoms with Gasteiger partial charge in [0.15, 0.2) is 15.7 Å². The van der Waals surface area contributed by atoms with Gasteiger partial charge >= 0.3 is 5.97 Å². The molecule has 1 aromatic heterocycles. The van der Waals surface area contributed by atoms with Crippen LogP contribution in [-0.2, 0) is 15.6 Å². The van der Waals surface area contributed by atoms with E-state index in [1.807, 2.05) is 13.8 Å². The average molecular weight is 310 g/mol. The van der Waals surface area contributed by atoms with E-state index in [-0.39, 0.29) is 22.2 Å². The number of carbonyl (C=O) groups is 1. The summed E-state index contributed by atoms with van der Waals surface area (Å²) in [7, 11) is -3.73. The molecule has 0 saturated carbocycles. The van der Waals surface area contributed by atoms with Crippen LogP contribution in [0.4, 0.5) is 0 Å². The van der Waals surface area contributed by atoms with Crippen LogP contribution in [0.1, 0.15) is 41.8 Å². The highest BCUT2D eigenvalue weighted by molar-refractivity contribution is 7.90. The zero-order chi connectivity index (χ0) is 15.6. The maximum Gasteiger partial charge on any atom is 0.335 e. The van der Waals surface area contributed by atoms with Crippen molar-refractivity contribution < 1.29 is 22.8 Å². The highest BCUT2D eigenvalue weighted by atomic mass is 32.2. The second-order valence-corrected chi connectivity index (χ2v) is 6.79. The number of hydrogen-bond acceptors (Lipinski definition) is 6. The van der Waals surface area contributed by atoms with E-state index in [4.69, 9.17) is 9.63 Å². The maximum absolute atomic E-state index is 12.2. The molecule has 0 unspecified atom stereocenters. The van der Waals surface area contributed by atoms with E-state index >= 15 is 0 Å². The van der Waals surface area contributed by atoms with Gasteiger partial charge in [0.1, 0.15) is 5.75 Å². The van der Waals surface area contributed by atoms with Crippen molar-refractivity contribution in [3.05, 3.63) is 41.5 Å². The summed E-state index contributed by atoms with van der Waals surface area (Å²) in [6.45, 7) is 3.70. The van der Waals surface area contributed by atoms with E-state index < -0.39 is 21.6 Å². The minimum absolute atomic E-state index is 0.00397. The molecule has 112 valence electrons. The molecular formula is C13H14N2O5S. The number of hydrogen-bond donors (Lipinski definition) is 1. The second kappa shape index (κ2) is 5.65. The fourth-order valence-corrected chi connectivity index (χ4v) is 2.85. The van der Waals surface area contributed by atoms with Crippen molar-refractivity contribution >= 4 is 15.8 Å². The molecule has 0 spiro atoms. The number of carboxylic acids is 1. The van der Waals surface area contributed by atoms with Crippen LogP contribution in [-0.4, -0.2) is 29.6 Å². The van der Waals surface area contributed by atoms with Crippen LogP contribution in [0.2, 0.25) is 0 Å². The van der Waals surface area contributed by atoms with Gasteiger partial charge in [-0.2, -0.15) is 4.98 Å². The van der Waals surface area contributed by atoms with Gasteiger partial charge in [-0.3, -0.25) is 0 Å². The number of sulfone groups is 1. The molecule has 21 heavy (non-hydrogen) atoms. The molecule has 0 aliphatic heterocycles. The SMILES string of the molecule is CC(C)c1nc(CS(=O)(=O)c2cccc(C(=O)O)c2)no1. The number of benzene rings is 1. The quantitative estimate of drug-likeness (QED) is 0.897. The molecule has 0 amide bonds. The highest BCUT2D eigenvalue weighted by Crippen LogP contribution is 2.18. The molecular weight excluding hydrogens is 296 g/mol. The molecule has 0 aliphatic rings. The van der Waals surface area contributed by atoms with Crippen LogP contribution >= 0.6 is 0 Å².